The van der Waals surface area contributed by atoms with Crippen LogP contribution in [0.25, 0.3) is 0 Å². The molecule has 214 valence electrons. The number of carbonyl (C=O) groups excluding carboxylic acids is 1. The van der Waals surface area contributed by atoms with E-state index in [0.717, 1.165) is 29.7 Å². The molecule has 40 heavy (non-hydrogen) atoms. The average Bonchev–Trinajstić information content (AvgIpc) is 3.66. The summed E-state index contributed by atoms with van der Waals surface area (Å²) >= 11 is 0. The lowest BCUT2D eigenvalue weighted by Gasteiger charge is -2.28. The Morgan fingerprint density at radius 1 is 1.12 bits per heavy atom. The number of aliphatic hydroxyl groups excluding tert-OH is 1. The molecule has 5 rings (SSSR count). The Morgan fingerprint density at radius 3 is 2.62 bits per heavy atom. The number of hydrogen-bond acceptors (Lipinski definition) is 6. The van der Waals surface area contributed by atoms with E-state index < -0.39 is 8.41 Å². The van der Waals surface area contributed by atoms with E-state index in [2.05, 4.69) is 23.3 Å². The Kier molecular flexibility index (Phi) is 8.67. The number of aliphatic hydroxyl groups is 1. The Morgan fingerprint density at radius 2 is 1.93 bits per heavy atom. The molecule has 0 bridgehead atoms. The number of ether oxygens (including phenoxy) is 2. The number of cyclic esters (lactones) is 1. The second-order valence-corrected chi connectivity index (χ2v) is 15.3. The highest BCUT2D eigenvalue weighted by molar-refractivity contribution is 6.72. The second-order valence-electron chi connectivity index (χ2n) is 11.5. The predicted molar refractivity (Wildman–Crippen MR) is 154 cm³/mol. The summed E-state index contributed by atoms with van der Waals surface area (Å²) in [5.74, 6) is -0.127. The number of halogens is 1. The van der Waals surface area contributed by atoms with Crippen molar-refractivity contribution in [1.82, 2.24) is 15.0 Å². The van der Waals surface area contributed by atoms with Gasteiger partial charge in [0.15, 0.2) is 0 Å². The molecule has 0 aliphatic carbocycles. The zero-order valence-electron chi connectivity index (χ0n) is 23.4. The van der Waals surface area contributed by atoms with Gasteiger partial charge in [0.2, 0.25) is 8.41 Å². The van der Waals surface area contributed by atoms with E-state index in [1.807, 2.05) is 54.7 Å². The van der Waals surface area contributed by atoms with Crippen molar-refractivity contribution < 1.29 is 23.5 Å². The maximum absolute atomic E-state index is 15.6. The van der Waals surface area contributed by atoms with Crippen molar-refractivity contribution in [3.63, 3.8) is 0 Å². The molecule has 5 atom stereocenters. The van der Waals surface area contributed by atoms with Gasteiger partial charge in [0.1, 0.15) is 6.61 Å². The summed E-state index contributed by atoms with van der Waals surface area (Å²) in [6.45, 7) is 7.18. The zero-order chi connectivity index (χ0) is 28.3. The minimum Gasteiger partial charge on any atom is -0.447 e. The van der Waals surface area contributed by atoms with Gasteiger partial charge in [0.05, 0.1) is 37.0 Å². The lowest BCUT2D eigenvalue weighted by Crippen LogP contribution is -2.36. The van der Waals surface area contributed by atoms with Crippen LogP contribution in [0.5, 0.6) is 0 Å². The van der Waals surface area contributed by atoms with Gasteiger partial charge < -0.3 is 18.7 Å². The summed E-state index contributed by atoms with van der Waals surface area (Å²) in [7, 11) is -3.00. The normalized spacial score (nSPS) is 23.9. The van der Waals surface area contributed by atoms with Crippen LogP contribution in [-0.2, 0) is 22.4 Å². The van der Waals surface area contributed by atoms with Crippen LogP contribution in [0.3, 0.4) is 0 Å². The van der Waals surface area contributed by atoms with Crippen LogP contribution >= 0.6 is 0 Å². The summed E-state index contributed by atoms with van der Waals surface area (Å²) in [6.07, 6.45) is 3.56. The van der Waals surface area contributed by atoms with E-state index in [-0.39, 0.29) is 42.3 Å². The van der Waals surface area contributed by atoms with Gasteiger partial charge >= 0.3 is 6.09 Å². The fourth-order valence-electron chi connectivity index (χ4n) is 6.36. The summed E-state index contributed by atoms with van der Waals surface area (Å²) in [5.41, 5.74) is 3.56. The van der Waals surface area contributed by atoms with Gasteiger partial charge in [-0.1, -0.05) is 54.6 Å². The van der Waals surface area contributed by atoms with Crippen molar-refractivity contribution in [3.8, 4) is 0 Å². The molecule has 1 aromatic heterocycles. The van der Waals surface area contributed by atoms with Crippen molar-refractivity contribution >= 4 is 20.2 Å². The van der Waals surface area contributed by atoms with Crippen molar-refractivity contribution in [2.24, 2.45) is 5.92 Å². The van der Waals surface area contributed by atoms with E-state index in [9.17, 15) is 9.90 Å². The fraction of sp³-hybridized carbons (Fsp3) is 0.500. The molecular weight excluding hydrogens is 527 g/mol. The quantitative estimate of drug-likeness (QED) is 0.249. The molecule has 3 heterocycles. The first-order valence-corrected chi connectivity index (χ1v) is 17.1. The number of nitrogens with zero attached hydrogens (tertiary/aromatic N) is 4. The highest BCUT2D eigenvalue weighted by Gasteiger charge is 2.50. The van der Waals surface area contributed by atoms with Crippen LogP contribution < -0.4 is 4.90 Å². The predicted octanol–water partition coefficient (Wildman–Crippen LogP) is 5.33. The summed E-state index contributed by atoms with van der Waals surface area (Å²) in [4.78, 5) is 13.6. The van der Waals surface area contributed by atoms with Gasteiger partial charge in [-0.3, -0.25) is 9.58 Å². The van der Waals surface area contributed by atoms with Crippen molar-refractivity contribution in [2.75, 3.05) is 24.7 Å². The Hall–Kier alpha value is -3.08. The molecule has 8 nitrogen and oxygen atoms in total. The molecule has 2 fully saturated rings. The van der Waals surface area contributed by atoms with Gasteiger partial charge in [-0.05, 0) is 61.5 Å². The highest BCUT2D eigenvalue weighted by atomic mass is 28.4. The molecule has 0 spiro atoms. The van der Waals surface area contributed by atoms with E-state index in [1.54, 1.807) is 22.7 Å². The van der Waals surface area contributed by atoms with Crippen LogP contribution in [0.4, 0.5) is 14.6 Å². The smallest absolute Gasteiger partial charge is 0.414 e. The fourth-order valence-corrected chi connectivity index (χ4v) is 8.96. The van der Waals surface area contributed by atoms with Crippen molar-refractivity contribution in [2.45, 2.75) is 69.5 Å². The third-order valence-corrected chi connectivity index (χ3v) is 10.8. The third-order valence-electron chi connectivity index (χ3n) is 8.34. The Balaban J connectivity index is 1.22. The topological polar surface area (TPSA) is 89.7 Å². The van der Waals surface area contributed by atoms with Crippen LogP contribution in [0.1, 0.15) is 42.5 Å². The highest BCUT2D eigenvalue weighted by Crippen LogP contribution is 2.47. The van der Waals surface area contributed by atoms with E-state index in [0.29, 0.717) is 31.8 Å². The minimum absolute atomic E-state index is 0.0407. The lowest BCUT2D eigenvalue weighted by atomic mass is 9.95. The molecule has 2 aromatic carbocycles. The first-order chi connectivity index (χ1) is 19.2. The maximum Gasteiger partial charge on any atom is 0.414 e. The molecule has 2 aliphatic rings. The maximum atomic E-state index is 15.6. The number of aromatic nitrogens is 3. The molecule has 2 saturated heterocycles. The molecular formula is C30H39FN4O4Si. The SMILES string of the molecule is C[C@@H]1[C@@H]([Si](C)(C)F)[C@H](CCn2cc(C(CO)c3ccccc3)nn2)O[C@@H]1CCc1cccc(N2CCOC2=O)c1. The van der Waals surface area contributed by atoms with Crippen molar-refractivity contribution in [1.29, 1.82) is 0 Å². The number of carbonyl (C=O) groups is 1. The molecule has 1 unspecified atom stereocenters. The van der Waals surface area contributed by atoms with Crippen molar-refractivity contribution in [3.05, 3.63) is 77.6 Å². The van der Waals surface area contributed by atoms with Crippen LogP contribution in [0.2, 0.25) is 18.6 Å². The van der Waals surface area contributed by atoms with Crippen LogP contribution in [0, 0.1) is 5.92 Å². The standard InChI is InChI=1S/C30H39FN4O4Si/c1-21-27(13-12-22-8-7-11-24(18-22)35-16-17-38-30(35)37)39-28(29(21)40(2,3)31)14-15-34-19-26(32-33-34)25(20-36)23-9-5-4-6-10-23/h4-11,18-19,21,25,27-29,36H,12-17,20H2,1-3H3/t21-,25?,27+,28-,29+/m0/s1. The summed E-state index contributed by atoms with van der Waals surface area (Å²) in [5, 5.41) is 18.6. The third kappa shape index (κ3) is 6.29. The first kappa shape index (κ1) is 28.4. The van der Waals surface area contributed by atoms with Gasteiger partial charge in [-0.2, -0.15) is 0 Å². The molecule has 1 amide bonds. The average molecular weight is 567 g/mol. The lowest BCUT2D eigenvalue weighted by molar-refractivity contribution is 0.0247. The molecule has 2 aliphatic heterocycles. The molecule has 10 heteroatoms. The van der Waals surface area contributed by atoms with E-state index in [4.69, 9.17) is 9.47 Å². The Bertz CT molecular complexity index is 1280. The largest absolute Gasteiger partial charge is 0.447 e. The molecule has 1 N–H and O–H groups in total. The zero-order valence-corrected chi connectivity index (χ0v) is 24.4. The number of aryl methyl sites for hydroxylation is 2. The van der Waals surface area contributed by atoms with Gasteiger partial charge in [-0.15, -0.1) is 5.10 Å². The van der Waals surface area contributed by atoms with Gasteiger partial charge in [0, 0.05) is 24.0 Å². The number of benzene rings is 2. The van der Waals surface area contributed by atoms with E-state index in [1.165, 1.54) is 0 Å². The number of rotatable bonds is 11. The first-order valence-electron chi connectivity index (χ1n) is 14.2. The summed E-state index contributed by atoms with van der Waals surface area (Å²) < 4.78 is 29.0. The molecule has 0 radical (unpaired) electrons. The molecule has 3 aromatic rings. The Labute approximate surface area is 236 Å². The number of amides is 1. The van der Waals surface area contributed by atoms with E-state index >= 15 is 4.11 Å². The van der Waals surface area contributed by atoms with Gasteiger partial charge in [0.25, 0.3) is 0 Å². The monoisotopic (exact) mass is 566 g/mol. The molecule has 0 saturated carbocycles. The van der Waals surface area contributed by atoms with Crippen LogP contribution in [0.15, 0.2) is 60.8 Å². The summed E-state index contributed by atoms with van der Waals surface area (Å²) in [6, 6.07) is 17.8. The number of anilines is 1. The number of hydrogen-bond donors (Lipinski definition) is 1. The minimum atomic E-state index is -3.00. The van der Waals surface area contributed by atoms with Crippen LogP contribution in [-0.4, -0.2) is 66.6 Å². The second kappa shape index (κ2) is 12.2. The van der Waals surface area contributed by atoms with Gasteiger partial charge in [-0.25, -0.2) is 4.79 Å².